The molecule has 1 aromatic rings. The molecule has 144 valence electrons. The SMILES string of the molecule is Cl.NC[C@H]1CC[C@@H](C(=O)N2CCN(C(=O)c3c(F)cccc3F)CC2)O1. The Kier molecular flexibility index (Phi) is 6.91. The normalized spacial score (nSPS) is 22.9. The topological polar surface area (TPSA) is 75.9 Å². The van der Waals surface area contributed by atoms with Gasteiger partial charge in [0.2, 0.25) is 0 Å². The van der Waals surface area contributed by atoms with Crippen molar-refractivity contribution in [2.75, 3.05) is 32.7 Å². The smallest absolute Gasteiger partial charge is 0.259 e. The molecule has 0 aliphatic carbocycles. The fourth-order valence-corrected chi connectivity index (χ4v) is 3.25. The molecule has 2 amide bonds. The summed E-state index contributed by atoms with van der Waals surface area (Å²) in [5.74, 6) is -2.56. The molecule has 2 atom stereocenters. The number of nitrogens with two attached hydrogens (primary N) is 1. The number of piperazine rings is 1. The molecule has 1 aromatic carbocycles. The fourth-order valence-electron chi connectivity index (χ4n) is 3.25. The van der Waals surface area contributed by atoms with Gasteiger partial charge in [0.15, 0.2) is 0 Å². The Labute approximate surface area is 156 Å². The lowest BCUT2D eigenvalue weighted by atomic mass is 10.1. The second-order valence-electron chi connectivity index (χ2n) is 6.27. The summed E-state index contributed by atoms with van der Waals surface area (Å²) in [4.78, 5) is 27.8. The van der Waals surface area contributed by atoms with E-state index >= 15 is 0 Å². The summed E-state index contributed by atoms with van der Waals surface area (Å²) in [6.07, 6.45) is 0.832. The largest absolute Gasteiger partial charge is 0.364 e. The molecule has 0 spiro atoms. The maximum absolute atomic E-state index is 13.8. The molecule has 2 heterocycles. The number of carbonyl (C=O) groups excluding carboxylic acids is 2. The molecule has 26 heavy (non-hydrogen) atoms. The molecule has 0 saturated carbocycles. The van der Waals surface area contributed by atoms with Crippen molar-refractivity contribution < 1.29 is 23.1 Å². The summed E-state index contributed by atoms with van der Waals surface area (Å²) in [7, 11) is 0. The Hall–Kier alpha value is -1.77. The Bertz CT molecular complexity index is 648. The summed E-state index contributed by atoms with van der Waals surface area (Å²) < 4.78 is 33.1. The van der Waals surface area contributed by atoms with Gasteiger partial charge in [0.1, 0.15) is 23.3 Å². The molecular weight excluding hydrogens is 368 g/mol. The highest BCUT2D eigenvalue weighted by atomic mass is 35.5. The predicted molar refractivity (Wildman–Crippen MR) is 93.0 cm³/mol. The van der Waals surface area contributed by atoms with E-state index in [1.54, 1.807) is 4.90 Å². The third-order valence-electron chi connectivity index (χ3n) is 4.70. The van der Waals surface area contributed by atoms with Crippen LogP contribution in [0.5, 0.6) is 0 Å². The van der Waals surface area contributed by atoms with Gasteiger partial charge in [-0.15, -0.1) is 12.4 Å². The Morgan fingerprint density at radius 2 is 1.65 bits per heavy atom. The highest BCUT2D eigenvalue weighted by Crippen LogP contribution is 2.22. The van der Waals surface area contributed by atoms with Crippen LogP contribution in [0.15, 0.2) is 18.2 Å². The third-order valence-corrected chi connectivity index (χ3v) is 4.70. The molecule has 0 unspecified atom stereocenters. The molecule has 2 saturated heterocycles. The van der Waals surface area contributed by atoms with Crippen molar-refractivity contribution in [1.29, 1.82) is 0 Å². The van der Waals surface area contributed by atoms with E-state index in [-0.39, 0.29) is 37.5 Å². The number of carbonyl (C=O) groups is 2. The van der Waals surface area contributed by atoms with E-state index in [9.17, 15) is 18.4 Å². The molecule has 2 aliphatic heterocycles. The number of halogens is 3. The summed E-state index contributed by atoms with van der Waals surface area (Å²) >= 11 is 0. The molecule has 3 rings (SSSR count). The van der Waals surface area contributed by atoms with Crippen LogP contribution in [0.1, 0.15) is 23.2 Å². The lowest BCUT2D eigenvalue weighted by molar-refractivity contribution is -0.144. The monoisotopic (exact) mass is 389 g/mol. The van der Waals surface area contributed by atoms with Gasteiger partial charge in [-0.25, -0.2) is 8.78 Å². The van der Waals surface area contributed by atoms with Crippen molar-refractivity contribution in [3.8, 4) is 0 Å². The van der Waals surface area contributed by atoms with Crippen molar-refractivity contribution in [2.45, 2.75) is 25.0 Å². The van der Waals surface area contributed by atoms with Crippen molar-refractivity contribution in [1.82, 2.24) is 9.80 Å². The molecule has 6 nitrogen and oxygen atoms in total. The van der Waals surface area contributed by atoms with E-state index in [0.29, 0.717) is 26.1 Å². The van der Waals surface area contributed by atoms with Gasteiger partial charge < -0.3 is 20.3 Å². The van der Waals surface area contributed by atoms with Gasteiger partial charge in [-0.2, -0.15) is 0 Å². The summed E-state index contributed by atoms with van der Waals surface area (Å²) in [6.45, 7) is 1.47. The van der Waals surface area contributed by atoms with Crippen LogP contribution in [0, 0.1) is 11.6 Å². The number of hydrogen-bond donors (Lipinski definition) is 1. The lowest BCUT2D eigenvalue weighted by Crippen LogP contribution is -2.53. The number of nitrogens with zero attached hydrogens (tertiary/aromatic N) is 2. The molecule has 2 fully saturated rings. The van der Waals surface area contributed by atoms with Crippen LogP contribution in [-0.4, -0.2) is 66.5 Å². The van der Waals surface area contributed by atoms with Crippen LogP contribution < -0.4 is 5.73 Å². The Balaban J connectivity index is 0.00000243. The standard InChI is InChI=1S/C17H21F2N3O3.ClH/c18-12-2-1-3-13(19)15(12)17(24)22-8-6-21(7-9-22)16(23)14-5-4-11(10-20)25-14;/h1-3,11,14H,4-10,20H2;1H/t11-,14+;/m1./s1. The first-order chi connectivity index (χ1) is 12.0. The molecule has 9 heteroatoms. The molecule has 0 aromatic heterocycles. The second-order valence-corrected chi connectivity index (χ2v) is 6.27. The minimum atomic E-state index is -0.879. The second kappa shape index (κ2) is 8.75. The van der Waals surface area contributed by atoms with E-state index < -0.39 is 29.2 Å². The van der Waals surface area contributed by atoms with Crippen LogP contribution >= 0.6 is 12.4 Å². The maximum atomic E-state index is 13.8. The number of hydrogen-bond acceptors (Lipinski definition) is 4. The van der Waals surface area contributed by atoms with Gasteiger partial charge in [-0.05, 0) is 25.0 Å². The van der Waals surface area contributed by atoms with Crippen LogP contribution in [0.25, 0.3) is 0 Å². The number of amides is 2. The molecule has 2 N–H and O–H groups in total. The predicted octanol–water partition coefficient (Wildman–Crippen LogP) is 1.18. The van der Waals surface area contributed by atoms with E-state index in [2.05, 4.69) is 0 Å². The zero-order valence-corrected chi connectivity index (χ0v) is 15.0. The zero-order valence-electron chi connectivity index (χ0n) is 14.2. The number of ether oxygens (including phenoxy) is 1. The average molecular weight is 390 g/mol. The van der Waals surface area contributed by atoms with Gasteiger partial charge in [0.25, 0.3) is 11.8 Å². The van der Waals surface area contributed by atoms with Gasteiger partial charge in [-0.1, -0.05) is 6.07 Å². The maximum Gasteiger partial charge on any atom is 0.259 e. The molecule has 0 bridgehead atoms. The first-order valence-corrected chi connectivity index (χ1v) is 8.39. The van der Waals surface area contributed by atoms with Gasteiger partial charge in [0, 0.05) is 32.7 Å². The van der Waals surface area contributed by atoms with Gasteiger partial charge in [-0.3, -0.25) is 9.59 Å². The summed E-state index contributed by atoms with van der Waals surface area (Å²) in [5, 5.41) is 0. The highest BCUT2D eigenvalue weighted by molar-refractivity contribution is 5.95. The minimum absolute atomic E-state index is 0. The van der Waals surface area contributed by atoms with Crippen molar-refractivity contribution in [2.24, 2.45) is 5.73 Å². The Morgan fingerprint density at radius 1 is 1.08 bits per heavy atom. The first-order valence-electron chi connectivity index (χ1n) is 8.39. The molecule has 2 aliphatic rings. The quantitative estimate of drug-likeness (QED) is 0.842. The van der Waals surface area contributed by atoms with Crippen LogP contribution in [0.4, 0.5) is 8.78 Å². The highest BCUT2D eigenvalue weighted by Gasteiger charge is 2.35. The number of benzene rings is 1. The summed E-state index contributed by atoms with van der Waals surface area (Å²) in [5.41, 5.74) is 5.00. The lowest BCUT2D eigenvalue weighted by Gasteiger charge is -2.36. The first kappa shape index (κ1) is 20.5. The fraction of sp³-hybridized carbons (Fsp3) is 0.529. The number of rotatable bonds is 3. The van der Waals surface area contributed by atoms with E-state index in [4.69, 9.17) is 10.5 Å². The third kappa shape index (κ3) is 4.13. The van der Waals surface area contributed by atoms with E-state index in [1.807, 2.05) is 0 Å². The van der Waals surface area contributed by atoms with Gasteiger partial charge in [0.05, 0.1) is 6.10 Å². The Morgan fingerprint density at radius 3 is 2.19 bits per heavy atom. The minimum Gasteiger partial charge on any atom is -0.364 e. The van der Waals surface area contributed by atoms with Crippen LogP contribution in [-0.2, 0) is 9.53 Å². The van der Waals surface area contributed by atoms with Crippen LogP contribution in [0.2, 0.25) is 0 Å². The zero-order chi connectivity index (χ0) is 18.0. The van der Waals surface area contributed by atoms with Crippen molar-refractivity contribution in [3.05, 3.63) is 35.4 Å². The van der Waals surface area contributed by atoms with Crippen LogP contribution in [0.3, 0.4) is 0 Å². The molecular formula is C17H22ClF2N3O3. The van der Waals surface area contributed by atoms with Crippen molar-refractivity contribution >= 4 is 24.2 Å². The van der Waals surface area contributed by atoms with E-state index in [1.165, 1.54) is 11.0 Å². The molecule has 0 radical (unpaired) electrons. The average Bonchev–Trinajstić information content (AvgIpc) is 3.10. The summed E-state index contributed by atoms with van der Waals surface area (Å²) in [6, 6.07) is 3.33. The van der Waals surface area contributed by atoms with E-state index in [0.717, 1.165) is 18.6 Å². The van der Waals surface area contributed by atoms with Gasteiger partial charge >= 0.3 is 0 Å². The van der Waals surface area contributed by atoms with Crippen molar-refractivity contribution in [3.63, 3.8) is 0 Å².